The first-order valence-electron chi connectivity index (χ1n) is 4.76. The number of hydrogen-bond donors (Lipinski definition) is 2. The summed E-state index contributed by atoms with van der Waals surface area (Å²) in [6.07, 6.45) is 0. The van der Waals surface area contributed by atoms with Gasteiger partial charge in [0.2, 0.25) is 5.91 Å². The fourth-order valence-electron chi connectivity index (χ4n) is 1.35. The van der Waals surface area contributed by atoms with Crippen molar-refractivity contribution >= 4 is 23.3 Å². The molecule has 1 amide bonds. The van der Waals surface area contributed by atoms with Gasteiger partial charge in [-0.05, 0) is 18.6 Å². The third-order valence-corrected chi connectivity index (χ3v) is 1.90. The highest BCUT2D eigenvalue weighted by Crippen LogP contribution is 2.28. The summed E-state index contributed by atoms with van der Waals surface area (Å²) in [5.41, 5.74) is 7.39. The van der Waals surface area contributed by atoms with Crippen molar-refractivity contribution in [2.45, 2.75) is 20.8 Å². The first-order valence-corrected chi connectivity index (χ1v) is 4.76. The van der Waals surface area contributed by atoms with Crippen molar-refractivity contribution in [1.82, 2.24) is 0 Å². The summed E-state index contributed by atoms with van der Waals surface area (Å²) >= 11 is 0. The van der Waals surface area contributed by atoms with E-state index < -0.39 is 5.97 Å². The number of benzene rings is 1. The Balaban J connectivity index is 3.06. The number of hydrogen-bond acceptors (Lipinski definition) is 4. The summed E-state index contributed by atoms with van der Waals surface area (Å²) in [4.78, 5) is 21.7. The number of esters is 1. The number of aryl methyl sites for hydroxylation is 1. The lowest BCUT2D eigenvalue weighted by Crippen LogP contribution is -2.10. The van der Waals surface area contributed by atoms with Gasteiger partial charge in [0.15, 0.2) is 0 Å². The first kappa shape index (κ1) is 12.0. The Morgan fingerprint density at radius 1 is 1.31 bits per heavy atom. The van der Waals surface area contributed by atoms with E-state index in [-0.39, 0.29) is 5.91 Å². The molecule has 0 heterocycles. The van der Waals surface area contributed by atoms with Crippen LogP contribution in [-0.4, -0.2) is 11.9 Å². The molecule has 0 unspecified atom stereocenters. The highest BCUT2D eigenvalue weighted by molar-refractivity contribution is 5.93. The van der Waals surface area contributed by atoms with Crippen molar-refractivity contribution in [3.8, 4) is 5.75 Å². The van der Waals surface area contributed by atoms with Crippen LogP contribution in [0.4, 0.5) is 11.4 Å². The van der Waals surface area contributed by atoms with E-state index in [9.17, 15) is 9.59 Å². The molecule has 0 saturated heterocycles. The molecule has 86 valence electrons. The molecule has 0 spiro atoms. The van der Waals surface area contributed by atoms with Crippen LogP contribution in [0.1, 0.15) is 19.4 Å². The lowest BCUT2D eigenvalue weighted by Gasteiger charge is -2.11. The molecule has 0 bridgehead atoms. The molecule has 1 aromatic carbocycles. The molecule has 1 aromatic rings. The Hall–Kier alpha value is -2.04. The van der Waals surface area contributed by atoms with E-state index in [1.54, 1.807) is 13.0 Å². The summed E-state index contributed by atoms with van der Waals surface area (Å²) in [6, 6.07) is 3.14. The SMILES string of the molecule is CC(=O)Nc1c(C)cc(OC(C)=O)cc1N. The standard InChI is InChI=1S/C11H14N2O3/c1-6-4-9(16-8(3)15)5-10(12)11(6)13-7(2)14/h4-5H,12H2,1-3H3,(H,13,14). The highest BCUT2D eigenvalue weighted by atomic mass is 16.5. The number of rotatable bonds is 2. The number of nitrogen functional groups attached to an aromatic ring is 1. The van der Waals surface area contributed by atoms with Crippen LogP contribution in [0.3, 0.4) is 0 Å². The number of ether oxygens (including phenoxy) is 1. The van der Waals surface area contributed by atoms with Gasteiger partial charge in [0.25, 0.3) is 0 Å². The van der Waals surface area contributed by atoms with E-state index in [1.165, 1.54) is 19.9 Å². The Labute approximate surface area is 93.6 Å². The first-order chi connectivity index (χ1) is 7.40. The maximum Gasteiger partial charge on any atom is 0.308 e. The maximum absolute atomic E-state index is 10.9. The molecular weight excluding hydrogens is 208 g/mol. The summed E-state index contributed by atoms with van der Waals surface area (Å²) in [6.45, 7) is 4.49. The van der Waals surface area contributed by atoms with Crippen molar-refractivity contribution in [3.05, 3.63) is 17.7 Å². The van der Waals surface area contributed by atoms with Crippen molar-refractivity contribution < 1.29 is 14.3 Å². The highest BCUT2D eigenvalue weighted by Gasteiger charge is 2.08. The van der Waals surface area contributed by atoms with Gasteiger partial charge in [0, 0.05) is 19.9 Å². The summed E-state index contributed by atoms with van der Waals surface area (Å²) < 4.78 is 4.90. The second kappa shape index (κ2) is 4.65. The van der Waals surface area contributed by atoms with Crippen LogP contribution in [0.15, 0.2) is 12.1 Å². The Morgan fingerprint density at radius 3 is 2.38 bits per heavy atom. The third kappa shape index (κ3) is 2.98. The second-order valence-electron chi connectivity index (χ2n) is 3.48. The minimum absolute atomic E-state index is 0.199. The molecule has 5 nitrogen and oxygen atoms in total. The van der Waals surface area contributed by atoms with Crippen LogP contribution in [0.25, 0.3) is 0 Å². The predicted molar refractivity (Wildman–Crippen MR) is 61.2 cm³/mol. The zero-order valence-electron chi connectivity index (χ0n) is 9.46. The van der Waals surface area contributed by atoms with Gasteiger partial charge in [-0.15, -0.1) is 0 Å². The molecule has 0 atom stereocenters. The quantitative estimate of drug-likeness (QED) is 0.451. The van der Waals surface area contributed by atoms with Crippen molar-refractivity contribution in [3.63, 3.8) is 0 Å². The number of amides is 1. The van der Waals surface area contributed by atoms with Gasteiger partial charge >= 0.3 is 5.97 Å². The molecule has 0 aromatic heterocycles. The fraction of sp³-hybridized carbons (Fsp3) is 0.273. The molecule has 0 aliphatic carbocycles. The van der Waals surface area contributed by atoms with Crippen LogP contribution in [0.2, 0.25) is 0 Å². The Morgan fingerprint density at radius 2 is 1.94 bits per heavy atom. The van der Waals surface area contributed by atoms with Gasteiger partial charge in [-0.1, -0.05) is 0 Å². The smallest absolute Gasteiger partial charge is 0.308 e. The van der Waals surface area contributed by atoms with Crippen molar-refractivity contribution in [2.24, 2.45) is 0 Å². The van der Waals surface area contributed by atoms with Crippen LogP contribution < -0.4 is 15.8 Å². The van der Waals surface area contributed by atoms with Gasteiger partial charge in [-0.3, -0.25) is 9.59 Å². The number of carbonyl (C=O) groups is 2. The predicted octanol–water partition coefficient (Wildman–Crippen LogP) is 1.46. The van der Waals surface area contributed by atoms with Crippen molar-refractivity contribution in [1.29, 1.82) is 0 Å². The average molecular weight is 222 g/mol. The summed E-state index contributed by atoms with van der Waals surface area (Å²) in [5.74, 6) is -0.238. The summed E-state index contributed by atoms with van der Waals surface area (Å²) in [7, 11) is 0. The molecule has 0 aliphatic heterocycles. The molecule has 0 fully saturated rings. The lowest BCUT2D eigenvalue weighted by molar-refractivity contribution is -0.131. The van der Waals surface area contributed by atoms with Gasteiger partial charge in [-0.2, -0.15) is 0 Å². The van der Waals surface area contributed by atoms with E-state index in [0.29, 0.717) is 17.1 Å². The molecule has 3 N–H and O–H groups in total. The van der Waals surface area contributed by atoms with Crippen LogP contribution in [0.5, 0.6) is 5.75 Å². The Bertz CT molecular complexity index is 418. The number of anilines is 2. The monoisotopic (exact) mass is 222 g/mol. The molecule has 0 radical (unpaired) electrons. The minimum Gasteiger partial charge on any atom is -0.427 e. The normalized spacial score (nSPS) is 9.69. The van der Waals surface area contributed by atoms with Gasteiger partial charge in [0.05, 0.1) is 11.4 Å². The largest absolute Gasteiger partial charge is 0.427 e. The number of nitrogens with one attached hydrogen (secondary N) is 1. The van der Waals surface area contributed by atoms with Crippen molar-refractivity contribution in [2.75, 3.05) is 11.1 Å². The molecule has 16 heavy (non-hydrogen) atoms. The van der Waals surface area contributed by atoms with E-state index in [0.717, 1.165) is 5.56 Å². The zero-order valence-corrected chi connectivity index (χ0v) is 9.46. The minimum atomic E-state index is -0.411. The van der Waals surface area contributed by atoms with Gasteiger partial charge in [0.1, 0.15) is 5.75 Å². The van der Waals surface area contributed by atoms with Crippen LogP contribution in [-0.2, 0) is 9.59 Å². The molecule has 0 aliphatic rings. The zero-order chi connectivity index (χ0) is 12.3. The van der Waals surface area contributed by atoms with E-state index in [4.69, 9.17) is 10.5 Å². The van der Waals surface area contributed by atoms with Crippen LogP contribution in [0, 0.1) is 6.92 Å². The maximum atomic E-state index is 10.9. The average Bonchev–Trinajstić information content (AvgIpc) is 2.10. The number of carbonyl (C=O) groups excluding carboxylic acids is 2. The van der Waals surface area contributed by atoms with Gasteiger partial charge < -0.3 is 15.8 Å². The lowest BCUT2D eigenvalue weighted by atomic mass is 10.1. The second-order valence-corrected chi connectivity index (χ2v) is 3.48. The molecule has 1 rings (SSSR count). The number of nitrogens with two attached hydrogens (primary N) is 1. The third-order valence-electron chi connectivity index (χ3n) is 1.90. The molecule has 0 saturated carbocycles. The molecular formula is C11H14N2O3. The fourth-order valence-corrected chi connectivity index (χ4v) is 1.35. The van der Waals surface area contributed by atoms with E-state index in [1.807, 2.05) is 0 Å². The van der Waals surface area contributed by atoms with E-state index >= 15 is 0 Å². The Kier molecular flexibility index (Phi) is 3.50. The van der Waals surface area contributed by atoms with Gasteiger partial charge in [-0.25, -0.2) is 0 Å². The topological polar surface area (TPSA) is 81.4 Å². The molecule has 5 heteroatoms. The summed E-state index contributed by atoms with van der Waals surface area (Å²) in [5, 5.41) is 2.62. The van der Waals surface area contributed by atoms with E-state index in [2.05, 4.69) is 5.32 Å². The van der Waals surface area contributed by atoms with Crippen LogP contribution >= 0.6 is 0 Å².